The zero-order valence-electron chi connectivity index (χ0n) is 9.88. The fraction of sp³-hybridized carbons (Fsp3) is 0.909. The van der Waals surface area contributed by atoms with Gasteiger partial charge in [0.05, 0.1) is 5.54 Å². The number of hydrogen-bond acceptors (Lipinski definition) is 3. The summed E-state index contributed by atoms with van der Waals surface area (Å²) >= 11 is 0. The molecule has 0 aromatic carbocycles. The number of aliphatic hydroxyl groups excluding tert-OH is 1. The number of hydrogen-bond donors (Lipinski definition) is 3. The van der Waals surface area contributed by atoms with Gasteiger partial charge in [-0.15, -0.1) is 0 Å². The molecule has 4 heteroatoms. The summed E-state index contributed by atoms with van der Waals surface area (Å²) in [4.78, 5) is 11.6. The van der Waals surface area contributed by atoms with Crippen LogP contribution in [0.1, 0.15) is 46.0 Å². The molecule has 0 bridgehead atoms. The van der Waals surface area contributed by atoms with Crippen LogP contribution in [-0.4, -0.2) is 29.7 Å². The zero-order chi connectivity index (χ0) is 11.7. The van der Waals surface area contributed by atoms with E-state index in [1.165, 1.54) is 0 Å². The number of nitrogens with two attached hydrogens (primary N) is 1. The third kappa shape index (κ3) is 6.47. The molecule has 0 aromatic heterocycles. The standard InChI is InChI=1S/C11H24N2O2/c1-3-7-11(2,12)10(15)13-8-5-4-6-9-14/h14H,3-9,12H2,1-2H3,(H,13,15). The number of aliphatic hydroxyl groups is 1. The molecule has 0 aliphatic heterocycles. The SMILES string of the molecule is CCCC(C)(N)C(=O)NCCCCCO. The first-order valence-corrected chi connectivity index (χ1v) is 5.72. The van der Waals surface area contributed by atoms with Crippen molar-refractivity contribution in [1.29, 1.82) is 0 Å². The summed E-state index contributed by atoms with van der Waals surface area (Å²) in [5.74, 6) is -0.0756. The highest BCUT2D eigenvalue weighted by Crippen LogP contribution is 2.08. The molecule has 90 valence electrons. The smallest absolute Gasteiger partial charge is 0.239 e. The van der Waals surface area contributed by atoms with Crippen molar-refractivity contribution in [2.45, 2.75) is 51.5 Å². The van der Waals surface area contributed by atoms with Crippen molar-refractivity contribution in [1.82, 2.24) is 5.32 Å². The van der Waals surface area contributed by atoms with Crippen LogP contribution in [0.15, 0.2) is 0 Å². The van der Waals surface area contributed by atoms with Gasteiger partial charge in [-0.05, 0) is 32.6 Å². The molecule has 15 heavy (non-hydrogen) atoms. The first-order valence-electron chi connectivity index (χ1n) is 5.72. The highest BCUT2D eigenvalue weighted by Gasteiger charge is 2.26. The molecule has 0 radical (unpaired) electrons. The van der Waals surface area contributed by atoms with Crippen molar-refractivity contribution < 1.29 is 9.90 Å². The van der Waals surface area contributed by atoms with Crippen LogP contribution in [-0.2, 0) is 4.79 Å². The van der Waals surface area contributed by atoms with Crippen LogP contribution in [0.3, 0.4) is 0 Å². The van der Waals surface area contributed by atoms with Gasteiger partial charge in [-0.1, -0.05) is 13.3 Å². The minimum absolute atomic E-state index is 0.0756. The van der Waals surface area contributed by atoms with E-state index in [4.69, 9.17) is 10.8 Å². The van der Waals surface area contributed by atoms with Crippen LogP contribution >= 0.6 is 0 Å². The lowest BCUT2D eigenvalue weighted by molar-refractivity contribution is -0.126. The largest absolute Gasteiger partial charge is 0.396 e. The third-order valence-corrected chi connectivity index (χ3v) is 2.41. The van der Waals surface area contributed by atoms with E-state index in [0.29, 0.717) is 13.0 Å². The van der Waals surface area contributed by atoms with Crippen LogP contribution in [0.25, 0.3) is 0 Å². The van der Waals surface area contributed by atoms with E-state index >= 15 is 0 Å². The number of unbranched alkanes of at least 4 members (excludes halogenated alkanes) is 2. The molecule has 0 saturated carbocycles. The lowest BCUT2D eigenvalue weighted by Gasteiger charge is -2.22. The van der Waals surface area contributed by atoms with Crippen molar-refractivity contribution >= 4 is 5.91 Å². The van der Waals surface area contributed by atoms with Gasteiger partial charge in [0.1, 0.15) is 0 Å². The summed E-state index contributed by atoms with van der Waals surface area (Å²) < 4.78 is 0. The van der Waals surface area contributed by atoms with Crippen molar-refractivity contribution in [2.75, 3.05) is 13.2 Å². The molecule has 0 aliphatic rings. The molecule has 0 aromatic rings. The van der Waals surface area contributed by atoms with Crippen LogP contribution in [0, 0.1) is 0 Å². The fourth-order valence-corrected chi connectivity index (χ4v) is 1.45. The van der Waals surface area contributed by atoms with Gasteiger partial charge in [-0.3, -0.25) is 4.79 Å². The summed E-state index contributed by atoms with van der Waals surface area (Å²) in [6.45, 7) is 4.65. The van der Waals surface area contributed by atoms with E-state index in [-0.39, 0.29) is 12.5 Å². The van der Waals surface area contributed by atoms with Gasteiger partial charge in [0.25, 0.3) is 0 Å². The Bertz CT molecular complexity index is 181. The van der Waals surface area contributed by atoms with Crippen molar-refractivity contribution in [3.8, 4) is 0 Å². The van der Waals surface area contributed by atoms with Crippen LogP contribution < -0.4 is 11.1 Å². The Hall–Kier alpha value is -0.610. The first kappa shape index (κ1) is 14.4. The fourth-order valence-electron chi connectivity index (χ4n) is 1.45. The highest BCUT2D eigenvalue weighted by atomic mass is 16.2. The van der Waals surface area contributed by atoms with E-state index in [1.54, 1.807) is 6.92 Å². The summed E-state index contributed by atoms with van der Waals surface area (Å²) in [6.07, 6.45) is 4.24. The first-order chi connectivity index (χ1) is 7.04. The van der Waals surface area contributed by atoms with E-state index in [1.807, 2.05) is 6.92 Å². The van der Waals surface area contributed by atoms with Gasteiger partial charge >= 0.3 is 0 Å². The number of rotatable bonds is 8. The van der Waals surface area contributed by atoms with Crippen LogP contribution in [0.5, 0.6) is 0 Å². The lowest BCUT2D eigenvalue weighted by atomic mass is 9.96. The molecule has 0 saturated heterocycles. The Kier molecular flexibility index (Phi) is 7.34. The average Bonchev–Trinajstić information content (AvgIpc) is 2.17. The summed E-state index contributed by atoms with van der Waals surface area (Å²) in [7, 11) is 0. The van der Waals surface area contributed by atoms with Crippen molar-refractivity contribution in [2.24, 2.45) is 5.73 Å². The number of carbonyl (C=O) groups is 1. The maximum atomic E-state index is 11.6. The molecule has 0 heterocycles. The number of amides is 1. The predicted molar refractivity (Wildman–Crippen MR) is 61.4 cm³/mol. The van der Waals surface area contributed by atoms with Gasteiger partial charge < -0.3 is 16.2 Å². The van der Waals surface area contributed by atoms with Crippen molar-refractivity contribution in [3.05, 3.63) is 0 Å². The normalized spacial score (nSPS) is 14.7. The van der Waals surface area contributed by atoms with E-state index in [0.717, 1.165) is 25.7 Å². The minimum Gasteiger partial charge on any atom is -0.396 e. The summed E-state index contributed by atoms with van der Waals surface area (Å²) in [6, 6.07) is 0. The molecule has 0 aliphatic carbocycles. The second kappa shape index (κ2) is 7.65. The lowest BCUT2D eigenvalue weighted by Crippen LogP contribution is -2.51. The molecule has 1 amide bonds. The highest BCUT2D eigenvalue weighted by molar-refractivity contribution is 5.85. The summed E-state index contributed by atoms with van der Waals surface area (Å²) in [5.41, 5.74) is 5.12. The molecule has 0 spiro atoms. The Morgan fingerprint density at radius 1 is 1.40 bits per heavy atom. The maximum absolute atomic E-state index is 11.6. The van der Waals surface area contributed by atoms with E-state index in [2.05, 4.69) is 5.32 Å². The summed E-state index contributed by atoms with van der Waals surface area (Å²) in [5, 5.41) is 11.4. The zero-order valence-corrected chi connectivity index (χ0v) is 9.88. The van der Waals surface area contributed by atoms with Crippen LogP contribution in [0.2, 0.25) is 0 Å². The number of carbonyl (C=O) groups excluding carboxylic acids is 1. The maximum Gasteiger partial charge on any atom is 0.239 e. The Labute approximate surface area is 92.2 Å². The molecule has 0 fully saturated rings. The molecule has 1 atom stereocenters. The van der Waals surface area contributed by atoms with Gasteiger partial charge in [-0.2, -0.15) is 0 Å². The van der Waals surface area contributed by atoms with E-state index in [9.17, 15) is 4.79 Å². The second-order valence-corrected chi connectivity index (χ2v) is 4.21. The van der Waals surface area contributed by atoms with Gasteiger partial charge in [0.2, 0.25) is 5.91 Å². The average molecular weight is 216 g/mol. The second-order valence-electron chi connectivity index (χ2n) is 4.21. The quantitative estimate of drug-likeness (QED) is 0.525. The monoisotopic (exact) mass is 216 g/mol. The van der Waals surface area contributed by atoms with Crippen molar-refractivity contribution in [3.63, 3.8) is 0 Å². The molecule has 1 unspecified atom stereocenters. The van der Waals surface area contributed by atoms with E-state index < -0.39 is 5.54 Å². The Balaban J connectivity index is 3.64. The van der Waals surface area contributed by atoms with Gasteiger partial charge in [-0.25, -0.2) is 0 Å². The minimum atomic E-state index is -0.744. The van der Waals surface area contributed by atoms with Crippen LogP contribution in [0.4, 0.5) is 0 Å². The number of nitrogens with one attached hydrogen (secondary N) is 1. The van der Waals surface area contributed by atoms with Gasteiger partial charge in [0.15, 0.2) is 0 Å². The predicted octanol–water partition coefficient (Wildman–Crippen LogP) is 0.783. The molecule has 0 rings (SSSR count). The van der Waals surface area contributed by atoms with Gasteiger partial charge in [0, 0.05) is 13.2 Å². The Morgan fingerprint density at radius 3 is 2.60 bits per heavy atom. The molecular weight excluding hydrogens is 192 g/mol. The third-order valence-electron chi connectivity index (χ3n) is 2.41. The Morgan fingerprint density at radius 2 is 2.07 bits per heavy atom. The topological polar surface area (TPSA) is 75.4 Å². The molecular formula is C11H24N2O2. The molecule has 4 N–H and O–H groups in total. The molecule has 4 nitrogen and oxygen atoms in total.